The molecule has 1 unspecified atom stereocenters. The molecule has 1 aliphatic rings. The third kappa shape index (κ3) is 4.94. The van der Waals surface area contributed by atoms with Crippen LogP contribution >= 0.6 is 0 Å². The number of hydrogen-bond acceptors (Lipinski definition) is 3. The minimum absolute atomic E-state index is 0.167. The second kappa shape index (κ2) is 6.24. The SMILES string of the molecule is CC(C)(C)OC(=O)N1CCCCC1CCCN. The number of rotatable bonds is 3. The summed E-state index contributed by atoms with van der Waals surface area (Å²) in [5, 5.41) is 0. The van der Waals surface area contributed by atoms with E-state index in [1.54, 1.807) is 0 Å². The predicted molar refractivity (Wildman–Crippen MR) is 68.9 cm³/mol. The van der Waals surface area contributed by atoms with Gasteiger partial charge in [-0.2, -0.15) is 0 Å². The summed E-state index contributed by atoms with van der Waals surface area (Å²) in [5.41, 5.74) is 5.12. The summed E-state index contributed by atoms with van der Waals surface area (Å²) < 4.78 is 5.44. The predicted octanol–water partition coefficient (Wildman–Crippen LogP) is 2.51. The van der Waals surface area contributed by atoms with Gasteiger partial charge in [-0.3, -0.25) is 0 Å². The summed E-state index contributed by atoms with van der Waals surface area (Å²) in [6.07, 6.45) is 5.17. The van der Waals surface area contributed by atoms with E-state index in [1.165, 1.54) is 6.42 Å². The van der Waals surface area contributed by atoms with Crippen molar-refractivity contribution in [3.8, 4) is 0 Å². The molecule has 1 rings (SSSR count). The molecular formula is C13H26N2O2. The topological polar surface area (TPSA) is 55.6 Å². The highest BCUT2D eigenvalue weighted by Gasteiger charge is 2.29. The van der Waals surface area contributed by atoms with Crippen LogP contribution in [0.4, 0.5) is 4.79 Å². The standard InChI is InChI=1S/C13H26N2O2/c1-13(2,3)17-12(16)15-10-5-4-7-11(15)8-6-9-14/h11H,4-10,14H2,1-3H3. The molecule has 1 saturated heterocycles. The first-order valence-corrected chi connectivity index (χ1v) is 6.64. The zero-order chi connectivity index (χ0) is 12.9. The number of carbonyl (C=O) groups is 1. The van der Waals surface area contributed by atoms with Crippen molar-refractivity contribution in [3.05, 3.63) is 0 Å². The van der Waals surface area contributed by atoms with Gasteiger partial charge < -0.3 is 15.4 Å². The molecule has 0 bridgehead atoms. The van der Waals surface area contributed by atoms with Gasteiger partial charge in [0, 0.05) is 12.6 Å². The van der Waals surface area contributed by atoms with Crippen LogP contribution in [-0.2, 0) is 4.74 Å². The highest BCUT2D eigenvalue weighted by atomic mass is 16.6. The zero-order valence-corrected chi connectivity index (χ0v) is 11.4. The average molecular weight is 242 g/mol. The van der Waals surface area contributed by atoms with Crippen LogP contribution in [0.3, 0.4) is 0 Å². The highest BCUT2D eigenvalue weighted by molar-refractivity contribution is 5.68. The fraction of sp³-hybridized carbons (Fsp3) is 0.923. The number of nitrogens with zero attached hydrogens (tertiary/aromatic N) is 1. The quantitative estimate of drug-likeness (QED) is 0.827. The fourth-order valence-electron chi connectivity index (χ4n) is 2.22. The average Bonchev–Trinajstić information content (AvgIpc) is 2.24. The maximum Gasteiger partial charge on any atom is 0.410 e. The van der Waals surface area contributed by atoms with E-state index in [0.717, 1.165) is 32.2 Å². The van der Waals surface area contributed by atoms with Crippen molar-refractivity contribution < 1.29 is 9.53 Å². The zero-order valence-electron chi connectivity index (χ0n) is 11.4. The van der Waals surface area contributed by atoms with Gasteiger partial charge in [-0.25, -0.2) is 4.79 Å². The molecule has 0 aromatic carbocycles. The Balaban J connectivity index is 2.54. The largest absolute Gasteiger partial charge is 0.444 e. The monoisotopic (exact) mass is 242 g/mol. The van der Waals surface area contributed by atoms with Crippen LogP contribution < -0.4 is 5.73 Å². The van der Waals surface area contributed by atoms with Crippen molar-refractivity contribution in [2.45, 2.75) is 64.5 Å². The normalized spacial score (nSPS) is 21.4. The number of nitrogens with two attached hydrogens (primary N) is 1. The van der Waals surface area contributed by atoms with Crippen molar-refractivity contribution in [3.63, 3.8) is 0 Å². The molecule has 0 saturated carbocycles. The molecule has 1 atom stereocenters. The van der Waals surface area contributed by atoms with Crippen molar-refractivity contribution >= 4 is 6.09 Å². The summed E-state index contributed by atoms with van der Waals surface area (Å²) in [4.78, 5) is 14.0. The lowest BCUT2D eigenvalue weighted by atomic mass is 9.98. The molecule has 0 spiro atoms. The Kier molecular flexibility index (Phi) is 5.25. The van der Waals surface area contributed by atoms with Crippen LogP contribution in [0.5, 0.6) is 0 Å². The van der Waals surface area contributed by atoms with Gasteiger partial charge >= 0.3 is 6.09 Å². The van der Waals surface area contributed by atoms with Gasteiger partial charge in [0.1, 0.15) is 5.60 Å². The third-order valence-electron chi connectivity index (χ3n) is 3.00. The van der Waals surface area contributed by atoms with Crippen LogP contribution in [0.1, 0.15) is 52.9 Å². The Morgan fingerprint density at radius 3 is 2.71 bits per heavy atom. The molecule has 0 aliphatic carbocycles. The minimum atomic E-state index is -0.410. The Hall–Kier alpha value is -0.770. The number of amides is 1. The summed E-state index contributed by atoms with van der Waals surface area (Å²) >= 11 is 0. The van der Waals surface area contributed by atoms with Gasteiger partial charge in [-0.05, 0) is 59.4 Å². The molecular weight excluding hydrogens is 216 g/mol. The second-order valence-electron chi connectivity index (χ2n) is 5.75. The van der Waals surface area contributed by atoms with Crippen LogP contribution in [0.25, 0.3) is 0 Å². The fourth-order valence-corrected chi connectivity index (χ4v) is 2.22. The van der Waals surface area contributed by atoms with E-state index < -0.39 is 5.60 Å². The van der Waals surface area contributed by atoms with Crippen molar-refractivity contribution in [1.29, 1.82) is 0 Å². The van der Waals surface area contributed by atoms with Crippen LogP contribution in [0.2, 0.25) is 0 Å². The first kappa shape index (κ1) is 14.3. The van der Waals surface area contributed by atoms with E-state index in [9.17, 15) is 4.79 Å². The van der Waals surface area contributed by atoms with E-state index in [1.807, 2.05) is 25.7 Å². The Bertz CT molecular complexity index is 248. The molecule has 4 heteroatoms. The smallest absolute Gasteiger partial charge is 0.410 e. The van der Waals surface area contributed by atoms with E-state index in [-0.39, 0.29) is 6.09 Å². The van der Waals surface area contributed by atoms with Crippen molar-refractivity contribution in [2.24, 2.45) is 5.73 Å². The third-order valence-corrected chi connectivity index (χ3v) is 3.00. The molecule has 100 valence electrons. The van der Waals surface area contributed by atoms with E-state index >= 15 is 0 Å². The van der Waals surface area contributed by atoms with Gasteiger partial charge in [0.15, 0.2) is 0 Å². The maximum absolute atomic E-state index is 12.1. The number of piperidine rings is 1. The van der Waals surface area contributed by atoms with Crippen LogP contribution in [0.15, 0.2) is 0 Å². The molecule has 1 fully saturated rings. The van der Waals surface area contributed by atoms with Gasteiger partial charge in [0.2, 0.25) is 0 Å². The van der Waals surface area contributed by atoms with Gasteiger partial charge in [0.25, 0.3) is 0 Å². The molecule has 0 aromatic rings. The van der Waals surface area contributed by atoms with E-state index in [0.29, 0.717) is 12.6 Å². The van der Waals surface area contributed by atoms with Gasteiger partial charge in [-0.1, -0.05) is 0 Å². The summed E-state index contributed by atoms with van der Waals surface area (Å²) in [6.45, 7) is 7.24. The highest BCUT2D eigenvalue weighted by Crippen LogP contribution is 2.23. The molecule has 2 N–H and O–H groups in total. The first-order chi connectivity index (χ1) is 7.94. The van der Waals surface area contributed by atoms with E-state index in [2.05, 4.69) is 0 Å². The van der Waals surface area contributed by atoms with Crippen LogP contribution in [-0.4, -0.2) is 35.7 Å². The molecule has 1 heterocycles. The Morgan fingerprint density at radius 2 is 2.12 bits per heavy atom. The number of likely N-dealkylation sites (tertiary alicyclic amines) is 1. The molecule has 1 aliphatic heterocycles. The number of hydrogen-bond donors (Lipinski definition) is 1. The summed E-state index contributed by atoms with van der Waals surface area (Å²) in [5.74, 6) is 0. The van der Waals surface area contributed by atoms with E-state index in [4.69, 9.17) is 10.5 Å². The second-order valence-corrected chi connectivity index (χ2v) is 5.75. The number of carbonyl (C=O) groups excluding carboxylic acids is 1. The van der Waals surface area contributed by atoms with Gasteiger partial charge in [-0.15, -0.1) is 0 Å². The minimum Gasteiger partial charge on any atom is -0.444 e. The summed E-state index contributed by atoms with van der Waals surface area (Å²) in [6, 6.07) is 0.321. The maximum atomic E-state index is 12.1. The van der Waals surface area contributed by atoms with Gasteiger partial charge in [0.05, 0.1) is 0 Å². The van der Waals surface area contributed by atoms with Crippen molar-refractivity contribution in [1.82, 2.24) is 4.90 Å². The first-order valence-electron chi connectivity index (χ1n) is 6.64. The summed E-state index contributed by atoms with van der Waals surface area (Å²) in [7, 11) is 0. The van der Waals surface area contributed by atoms with Crippen molar-refractivity contribution in [2.75, 3.05) is 13.1 Å². The van der Waals surface area contributed by atoms with Crippen LogP contribution in [0, 0.1) is 0 Å². The lowest BCUT2D eigenvalue weighted by Gasteiger charge is -2.36. The lowest BCUT2D eigenvalue weighted by molar-refractivity contribution is 0.00872. The molecule has 4 nitrogen and oxygen atoms in total. The number of ether oxygens (including phenoxy) is 1. The molecule has 17 heavy (non-hydrogen) atoms. The Morgan fingerprint density at radius 1 is 1.41 bits per heavy atom. The Labute approximate surface area is 104 Å². The molecule has 0 aromatic heterocycles. The molecule has 0 radical (unpaired) electrons. The lowest BCUT2D eigenvalue weighted by Crippen LogP contribution is -2.46. The molecule has 1 amide bonds.